The molecule has 2 rings (SSSR count). The van der Waals surface area contributed by atoms with Gasteiger partial charge in [-0.2, -0.15) is 0 Å². The molecule has 0 bridgehead atoms. The summed E-state index contributed by atoms with van der Waals surface area (Å²) in [7, 11) is 0. The molecule has 1 aromatic heterocycles. The quantitative estimate of drug-likeness (QED) is 0.837. The number of aromatic nitrogens is 1. The Balaban J connectivity index is 0.00000242. The second kappa shape index (κ2) is 7.62. The lowest BCUT2D eigenvalue weighted by atomic mass is 10.1. The Kier molecular flexibility index (Phi) is 6.65. The first-order chi connectivity index (χ1) is 9.77. The maximum absolute atomic E-state index is 11.8. The average molecular weight is 381 g/mol. The molecule has 0 saturated heterocycles. The summed E-state index contributed by atoms with van der Waals surface area (Å²) in [6.07, 6.45) is 2.32. The molecule has 0 atom stereocenters. The number of benzene rings is 1. The molecule has 1 amide bonds. The highest BCUT2D eigenvalue weighted by atomic mass is 35.5. The van der Waals surface area contributed by atoms with E-state index in [1.165, 1.54) is 11.3 Å². The van der Waals surface area contributed by atoms with Gasteiger partial charge < -0.3 is 11.1 Å². The van der Waals surface area contributed by atoms with E-state index in [4.69, 9.17) is 28.9 Å². The zero-order valence-corrected chi connectivity index (χ0v) is 15.2. The van der Waals surface area contributed by atoms with Gasteiger partial charge >= 0.3 is 0 Å². The SMILES string of the molecule is CC(C)(N)C(=O)Nc1ncc(Cc2cccc(Cl)c2Cl)s1.Cl. The van der Waals surface area contributed by atoms with Crippen molar-refractivity contribution in [2.45, 2.75) is 25.8 Å². The van der Waals surface area contributed by atoms with Gasteiger partial charge in [0, 0.05) is 17.5 Å². The van der Waals surface area contributed by atoms with Gasteiger partial charge in [0.1, 0.15) is 0 Å². The Morgan fingerprint density at radius 1 is 1.41 bits per heavy atom. The van der Waals surface area contributed by atoms with E-state index >= 15 is 0 Å². The van der Waals surface area contributed by atoms with E-state index < -0.39 is 5.54 Å². The van der Waals surface area contributed by atoms with E-state index in [1.54, 1.807) is 26.1 Å². The van der Waals surface area contributed by atoms with E-state index in [1.807, 2.05) is 12.1 Å². The molecule has 8 heteroatoms. The summed E-state index contributed by atoms with van der Waals surface area (Å²) in [5.41, 5.74) is 5.71. The zero-order valence-electron chi connectivity index (χ0n) is 12.0. The molecule has 0 radical (unpaired) electrons. The molecule has 0 aliphatic rings. The van der Waals surface area contributed by atoms with Crippen LogP contribution in [0.5, 0.6) is 0 Å². The number of hydrogen-bond donors (Lipinski definition) is 2. The average Bonchev–Trinajstić information content (AvgIpc) is 2.81. The van der Waals surface area contributed by atoms with Gasteiger partial charge in [-0.05, 0) is 25.5 Å². The van der Waals surface area contributed by atoms with Crippen molar-refractivity contribution in [1.82, 2.24) is 4.98 Å². The van der Waals surface area contributed by atoms with Crippen LogP contribution in [0.15, 0.2) is 24.4 Å². The number of carbonyl (C=O) groups is 1. The third-order valence-corrected chi connectivity index (χ3v) is 4.53. The molecule has 4 nitrogen and oxygen atoms in total. The number of rotatable bonds is 4. The highest BCUT2D eigenvalue weighted by Crippen LogP contribution is 2.29. The van der Waals surface area contributed by atoms with Crippen molar-refractivity contribution in [2.75, 3.05) is 5.32 Å². The fourth-order valence-electron chi connectivity index (χ4n) is 1.58. The fraction of sp³-hybridized carbons (Fsp3) is 0.286. The second-order valence-electron chi connectivity index (χ2n) is 5.20. The number of nitrogens with two attached hydrogens (primary N) is 1. The first-order valence-electron chi connectivity index (χ1n) is 6.25. The smallest absolute Gasteiger partial charge is 0.245 e. The molecular formula is C14H16Cl3N3OS. The molecular weight excluding hydrogens is 365 g/mol. The minimum atomic E-state index is -0.942. The van der Waals surface area contributed by atoms with Crippen LogP contribution in [0.1, 0.15) is 24.3 Å². The largest absolute Gasteiger partial charge is 0.318 e. The van der Waals surface area contributed by atoms with Gasteiger partial charge in [-0.3, -0.25) is 4.79 Å². The van der Waals surface area contributed by atoms with Crippen LogP contribution in [0.25, 0.3) is 0 Å². The van der Waals surface area contributed by atoms with Crippen LogP contribution in [0, 0.1) is 0 Å². The number of hydrogen-bond acceptors (Lipinski definition) is 4. The van der Waals surface area contributed by atoms with Gasteiger partial charge in [0.15, 0.2) is 5.13 Å². The number of halogens is 3. The molecule has 3 N–H and O–H groups in total. The number of amides is 1. The van der Waals surface area contributed by atoms with Crippen molar-refractivity contribution in [3.05, 3.63) is 44.9 Å². The molecule has 120 valence electrons. The highest BCUT2D eigenvalue weighted by molar-refractivity contribution is 7.15. The van der Waals surface area contributed by atoms with Crippen LogP contribution in [-0.2, 0) is 11.2 Å². The predicted molar refractivity (Wildman–Crippen MR) is 95.5 cm³/mol. The molecule has 2 aromatic rings. The third-order valence-electron chi connectivity index (χ3n) is 2.76. The van der Waals surface area contributed by atoms with Crippen molar-refractivity contribution < 1.29 is 4.79 Å². The zero-order chi connectivity index (χ0) is 15.6. The summed E-state index contributed by atoms with van der Waals surface area (Å²) in [6, 6.07) is 5.51. The van der Waals surface area contributed by atoms with E-state index in [9.17, 15) is 4.79 Å². The van der Waals surface area contributed by atoms with Crippen molar-refractivity contribution in [3.8, 4) is 0 Å². The number of nitrogens with one attached hydrogen (secondary N) is 1. The van der Waals surface area contributed by atoms with Crippen LogP contribution < -0.4 is 11.1 Å². The Hall–Kier alpha value is -0.850. The van der Waals surface area contributed by atoms with Gasteiger partial charge in [0.25, 0.3) is 0 Å². The fourth-order valence-corrected chi connectivity index (χ4v) is 2.80. The Bertz CT molecular complexity index is 668. The number of thiazole rings is 1. The van der Waals surface area contributed by atoms with Crippen LogP contribution in [0.4, 0.5) is 5.13 Å². The standard InChI is InChI=1S/C14H15Cl2N3OS.ClH/c1-14(2,17)12(20)19-13-18-7-9(21-13)6-8-4-3-5-10(15)11(8)16;/h3-5,7H,6,17H2,1-2H3,(H,18,19,20);1H. The van der Waals surface area contributed by atoms with Gasteiger partial charge in [-0.1, -0.05) is 35.3 Å². The topological polar surface area (TPSA) is 68.0 Å². The molecule has 0 aliphatic heterocycles. The maximum Gasteiger partial charge on any atom is 0.245 e. The van der Waals surface area contributed by atoms with E-state index in [0.717, 1.165) is 10.4 Å². The number of anilines is 1. The highest BCUT2D eigenvalue weighted by Gasteiger charge is 2.22. The summed E-state index contributed by atoms with van der Waals surface area (Å²) in [4.78, 5) is 16.9. The third kappa shape index (κ3) is 4.83. The predicted octanol–water partition coefficient (Wildman–Crippen LogP) is 4.14. The molecule has 0 aliphatic carbocycles. The molecule has 0 saturated carbocycles. The van der Waals surface area contributed by atoms with Crippen molar-refractivity contribution in [2.24, 2.45) is 5.73 Å². The second-order valence-corrected chi connectivity index (χ2v) is 7.10. The van der Waals surface area contributed by atoms with E-state index in [0.29, 0.717) is 21.6 Å². The molecule has 0 unspecified atom stereocenters. The van der Waals surface area contributed by atoms with Gasteiger partial charge in [0.05, 0.1) is 15.6 Å². The first kappa shape index (κ1) is 19.2. The van der Waals surface area contributed by atoms with Crippen LogP contribution in [0.2, 0.25) is 10.0 Å². The van der Waals surface area contributed by atoms with Gasteiger partial charge in [0.2, 0.25) is 5.91 Å². The summed E-state index contributed by atoms with van der Waals surface area (Å²) >= 11 is 13.5. The normalized spacial score (nSPS) is 11.0. The van der Waals surface area contributed by atoms with Crippen molar-refractivity contribution in [3.63, 3.8) is 0 Å². The van der Waals surface area contributed by atoms with Crippen molar-refractivity contribution >= 4 is 58.0 Å². The Morgan fingerprint density at radius 2 is 2.09 bits per heavy atom. The van der Waals surface area contributed by atoms with Gasteiger partial charge in [-0.15, -0.1) is 23.7 Å². The summed E-state index contributed by atoms with van der Waals surface area (Å²) in [5, 5.41) is 4.29. The van der Waals surface area contributed by atoms with E-state index in [2.05, 4.69) is 10.3 Å². The molecule has 22 heavy (non-hydrogen) atoms. The summed E-state index contributed by atoms with van der Waals surface area (Å²) < 4.78 is 0. The lowest BCUT2D eigenvalue weighted by molar-refractivity contribution is -0.120. The Labute approximate surface area is 149 Å². The minimum Gasteiger partial charge on any atom is -0.318 e. The summed E-state index contributed by atoms with van der Waals surface area (Å²) in [5.74, 6) is -0.274. The molecule has 1 heterocycles. The summed E-state index contributed by atoms with van der Waals surface area (Å²) in [6.45, 7) is 3.28. The Morgan fingerprint density at radius 3 is 2.73 bits per heavy atom. The monoisotopic (exact) mass is 379 g/mol. The lowest BCUT2D eigenvalue weighted by Gasteiger charge is -2.16. The molecule has 0 fully saturated rings. The first-order valence-corrected chi connectivity index (χ1v) is 7.82. The van der Waals surface area contributed by atoms with Gasteiger partial charge in [-0.25, -0.2) is 4.98 Å². The maximum atomic E-state index is 11.8. The van der Waals surface area contributed by atoms with E-state index in [-0.39, 0.29) is 18.3 Å². The van der Waals surface area contributed by atoms with Crippen molar-refractivity contribution in [1.29, 1.82) is 0 Å². The molecule has 0 spiro atoms. The lowest BCUT2D eigenvalue weighted by Crippen LogP contribution is -2.45. The minimum absolute atomic E-state index is 0. The van der Waals surface area contributed by atoms with Crippen LogP contribution >= 0.6 is 46.9 Å². The number of nitrogens with zero attached hydrogens (tertiary/aromatic N) is 1. The molecule has 1 aromatic carbocycles. The van der Waals surface area contributed by atoms with Crippen LogP contribution in [-0.4, -0.2) is 16.4 Å². The number of carbonyl (C=O) groups excluding carboxylic acids is 1. The van der Waals surface area contributed by atoms with Crippen LogP contribution in [0.3, 0.4) is 0 Å².